The second-order valence-corrected chi connectivity index (χ2v) is 5.18. The Hall–Kier alpha value is -1.89. The maximum atomic E-state index is 11.0. The molecule has 0 radical (unpaired) electrons. The Morgan fingerprint density at radius 3 is 2.81 bits per heavy atom. The van der Waals surface area contributed by atoms with Crippen molar-refractivity contribution in [3.05, 3.63) is 11.9 Å². The lowest BCUT2D eigenvalue weighted by Gasteiger charge is -2.31. The number of nitrogens with zero attached hydrogens (tertiary/aromatic N) is 3. The molecule has 2 rings (SSSR count). The number of hydrogen-bond donors (Lipinski definition) is 2. The van der Waals surface area contributed by atoms with E-state index in [-0.39, 0.29) is 5.92 Å². The van der Waals surface area contributed by atoms with E-state index in [0.717, 1.165) is 11.6 Å². The fourth-order valence-electron chi connectivity index (χ4n) is 2.44. The molecule has 0 saturated carbocycles. The number of aryl methyl sites for hydroxylation is 1. The average Bonchev–Trinajstić information content (AvgIpc) is 2.47. The van der Waals surface area contributed by atoms with Crippen LogP contribution in [0.4, 0.5) is 11.6 Å². The van der Waals surface area contributed by atoms with E-state index in [2.05, 4.69) is 20.2 Å². The van der Waals surface area contributed by atoms with Crippen molar-refractivity contribution in [2.45, 2.75) is 19.8 Å². The smallest absolute Gasteiger partial charge is 0.306 e. The van der Waals surface area contributed by atoms with Gasteiger partial charge in [0.2, 0.25) is 0 Å². The zero-order chi connectivity index (χ0) is 15.2. The molecule has 0 spiro atoms. The molecule has 0 bridgehead atoms. The molecule has 1 aliphatic rings. The molecule has 2 N–H and O–H groups in total. The number of aromatic nitrogens is 2. The summed E-state index contributed by atoms with van der Waals surface area (Å²) in [6.07, 6.45) is 1.32. The van der Waals surface area contributed by atoms with E-state index in [9.17, 15) is 4.79 Å². The fourth-order valence-corrected chi connectivity index (χ4v) is 2.44. The van der Waals surface area contributed by atoms with Gasteiger partial charge in [0.05, 0.1) is 12.5 Å². The Labute approximate surface area is 124 Å². The van der Waals surface area contributed by atoms with Crippen LogP contribution in [0.15, 0.2) is 6.07 Å². The van der Waals surface area contributed by atoms with Crippen LogP contribution in [0.25, 0.3) is 0 Å². The Morgan fingerprint density at radius 1 is 1.48 bits per heavy atom. The summed E-state index contributed by atoms with van der Waals surface area (Å²) in [5.41, 5.74) is 0. The summed E-state index contributed by atoms with van der Waals surface area (Å²) in [7, 11) is 1.66. The maximum Gasteiger partial charge on any atom is 0.306 e. The van der Waals surface area contributed by atoms with Crippen LogP contribution in [0.3, 0.4) is 0 Å². The van der Waals surface area contributed by atoms with Gasteiger partial charge in [0.25, 0.3) is 0 Å². The zero-order valence-corrected chi connectivity index (χ0v) is 12.5. The number of carboxylic acid groups (broad SMARTS) is 1. The molecule has 1 aromatic heterocycles. The minimum Gasteiger partial charge on any atom is -0.481 e. The van der Waals surface area contributed by atoms with Gasteiger partial charge < -0.3 is 20.1 Å². The Bertz CT molecular complexity index is 487. The standard InChI is InChI=1S/C14H22N4O3/c1-10-16-12(15-5-8-21-2)9-13(17-10)18-6-3-11(4-7-18)14(19)20/h9,11H,3-8H2,1-2H3,(H,19,20)(H,15,16,17). The quantitative estimate of drug-likeness (QED) is 0.761. The number of hydrogen-bond acceptors (Lipinski definition) is 6. The van der Waals surface area contributed by atoms with E-state index < -0.39 is 5.97 Å². The van der Waals surface area contributed by atoms with E-state index in [1.807, 2.05) is 13.0 Å². The van der Waals surface area contributed by atoms with Crippen molar-refractivity contribution in [3.63, 3.8) is 0 Å². The molecule has 116 valence electrons. The third-order valence-corrected chi connectivity index (χ3v) is 3.60. The van der Waals surface area contributed by atoms with Gasteiger partial charge in [-0.15, -0.1) is 0 Å². The summed E-state index contributed by atoms with van der Waals surface area (Å²) < 4.78 is 5.00. The lowest BCUT2D eigenvalue weighted by atomic mass is 9.97. The van der Waals surface area contributed by atoms with Crippen LogP contribution in [0.5, 0.6) is 0 Å². The van der Waals surface area contributed by atoms with Crippen molar-refractivity contribution in [1.29, 1.82) is 0 Å². The second kappa shape index (κ2) is 7.21. The highest BCUT2D eigenvalue weighted by Crippen LogP contribution is 2.23. The number of carboxylic acids is 1. The molecule has 21 heavy (non-hydrogen) atoms. The van der Waals surface area contributed by atoms with Crippen LogP contribution in [0.1, 0.15) is 18.7 Å². The first kappa shape index (κ1) is 15.5. The molecule has 0 atom stereocenters. The lowest BCUT2D eigenvalue weighted by molar-refractivity contribution is -0.142. The van der Waals surface area contributed by atoms with Crippen LogP contribution >= 0.6 is 0 Å². The summed E-state index contributed by atoms with van der Waals surface area (Å²) in [6.45, 7) is 4.58. The van der Waals surface area contributed by atoms with Gasteiger partial charge in [-0.2, -0.15) is 0 Å². The van der Waals surface area contributed by atoms with Crippen molar-refractivity contribution in [3.8, 4) is 0 Å². The normalized spacial score (nSPS) is 16.0. The highest BCUT2D eigenvalue weighted by Gasteiger charge is 2.25. The number of piperidine rings is 1. The predicted molar refractivity (Wildman–Crippen MR) is 79.7 cm³/mol. The van der Waals surface area contributed by atoms with E-state index in [4.69, 9.17) is 9.84 Å². The summed E-state index contributed by atoms with van der Waals surface area (Å²) in [6, 6.07) is 1.91. The molecule has 0 unspecified atom stereocenters. The van der Waals surface area contributed by atoms with Gasteiger partial charge in [-0.25, -0.2) is 9.97 Å². The molecule has 2 heterocycles. The molecule has 0 amide bonds. The molecule has 1 aliphatic heterocycles. The number of aliphatic carboxylic acids is 1. The van der Waals surface area contributed by atoms with E-state index in [1.165, 1.54) is 0 Å². The number of nitrogens with one attached hydrogen (secondary N) is 1. The number of ether oxygens (including phenoxy) is 1. The van der Waals surface area contributed by atoms with E-state index >= 15 is 0 Å². The van der Waals surface area contributed by atoms with Crippen LogP contribution in [-0.2, 0) is 9.53 Å². The Balaban J connectivity index is 2.01. The summed E-state index contributed by atoms with van der Waals surface area (Å²) in [5, 5.41) is 12.2. The molecule has 0 aliphatic carbocycles. The lowest BCUT2D eigenvalue weighted by Crippen LogP contribution is -2.37. The molecule has 0 aromatic carbocycles. The number of methoxy groups -OCH3 is 1. The average molecular weight is 294 g/mol. The summed E-state index contributed by atoms with van der Waals surface area (Å²) in [5.74, 6) is 1.40. The SMILES string of the molecule is COCCNc1cc(N2CCC(C(=O)O)CC2)nc(C)n1. The highest BCUT2D eigenvalue weighted by molar-refractivity contribution is 5.70. The first-order chi connectivity index (χ1) is 10.1. The molecular formula is C14H22N4O3. The van der Waals surface area contributed by atoms with Gasteiger partial charge in [0.1, 0.15) is 17.5 Å². The van der Waals surface area contributed by atoms with Gasteiger partial charge >= 0.3 is 5.97 Å². The molecule has 1 saturated heterocycles. The largest absolute Gasteiger partial charge is 0.481 e. The summed E-state index contributed by atoms with van der Waals surface area (Å²) >= 11 is 0. The molecule has 1 aromatic rings. The third-order valence-electron chi connectivity index (χ3n) is 3.60. The van der Waals surface area contributed by atoms with E-state index in [0.29, 0.717) is 44.9 Å². The number of anilines is 2. The Kier molecular flexibility index (Phi) is 5.32. The molecular weight excluding hydrogens is 272 g/mol. The number of rotatable bonds is 6. The van der Waals surface area contributed by atoms with Gasteiger partial charge in [0.15, 0.2) is 0 Å². The van der Waals surface area contributed by atoms with Gasteiger partial charge in [-0.3, -0.25) is 4.79 Å². The minimum absolute atomic E-state index is 0.233. The Morgan fingerprint density at radius 2 is 2.19 bits per heavy atom. The number of carbonyl (C=O) groups is 1. The fraction of sp³-hybridized carbons (Fsp3) is 0.643. The first-order valence-electron chi connectivity index (χ1n) is 7.16. The predicted octanol–water partition coefficient (Wildman–Crippen LogP) is 1.14. The maximum absolute atomic E-state index is 11.0. The van der Waals surface area contributed by atoms with Crippen molar-refractivity contribution in [2.24, 2.45) is 5.92 Å². The molecule has 1 fully saturated rings. The van der Waals surface area contributed by atoms with Crippen LogP contribution in [0.2, 0.25) is 0 Å². The zero-order valence-electron chi connectivity index (χ0n) is 12.5. The summed E-state index contributed by atoms with van der Waals surface area (Å²) in [4.78, 5) is 21.9. The van der Waals surface area contributed by atoms with Crippen molar-refractivity contribution in [2.75, 3.05) is 43.6 Å². The minimum atomic E-state index is -0.699. The molecule has 7 nitrogen and oxygen atoms in total. The van der Waals surface area contributed by atoms with Gasteiger partial charge in [-0.1, -0.05) is 0 Å². The van der Waals surface area contributed by atoms with Crippen molar-refractivity contribution >= 4 is 17.6 Å². The highest BCUT2D eigenvalue weighted by atomic mass is 16.5. The van der Waals surface area contributed by atoms with Gasteiger partial charge in [0, 0.05) is 32.8 Å². The van der Waals surface area contributed by atoms with E-state index in [1.54, 1.807) is 7.11 Å². The monoisotopic (exact) mass is 294 g/mol. The second-order valence-electron chi connectivity index (χ2n) is 5.18. The third kappa shape index (κ3) is 4.29. The van der Waals surface area contributed by atoms with Crippen molar-refractivity contribution in [1.82, 2.24) is 9.97 Å². The first-order valence-corrected chi connectivity index (χ1v) is 7.16. The van der Waals surface area contributed by atoms with Gasteiger partial charge in [-0.05, 0) is 19.8 Å². The van der Waals surface area contributed by atoms with Crippen molar-refractivity contribution < 1.29 is 14.6 Å². The topological polar surface area (TPSA) is 87.6 Å². The van der Waals surface area contributed by atoms with Crippen LogP contribution in [0, 0.1) is 12.8 Å². The van der Waals surface area contributed by atoms with Crippen LogP contribution in [-0.4, -0.2) is 54.4 Å². The van der Waals surface area contributed by atoms with Crippen LogP contribution < -0.4 is 10.2 Å². The molecule has 7 heteroatoms.